The molecule has 0 heterocycles. The molecule has 4 aliphatic rings. The summed E-state index contributed by atoms with van der Waals surface area (Å²) in [5, 5.41) is -4.89. The quantitative estimate of drug-likeness (QED) is 0.481. The smallest absolute Gasteiger partial charge is 0.460 e. The van der Waals surface area contributed by atoms with Gasteiger partial charge in [0, 0.05) is 5.41 Å². The van der Waals surface area contributed by atoms with Gasteiger partial charge >= 0.3 is 21.3 Å². The molecular weight excluding hydrogens is 392 g/mol. The molecule has 164 valence electrons. The lowest BCUT2D eigenvalue weighted by Gasteiger charge is -2.56. The number of ether oxygens (including phenoxy) is 1. The van der Waals surface area contributed by atoms with E-state index in [-0.39, 0.29) is 12.0 Å². The number of rotatable bonds is 7. The second kappa shape index (κ2) is 8.92. The molecule has 0 radical (unpaired) electrons. The maximum atomic E-state index is 13.2. The lowest BCUT2D eigenvalue weighted by molar-refractivity contribution is -0.894. The van der Waals surface area contributed by atoms with Gasteiger partial charge in [0.05, 0.1) is 26.2 Å². The zero-order valence-electron chi connectivity index (χ0n) is 17.0. The van der Waals surface area contributed by atoms with Gasteiger partial charge in [-0.25, -0.2) is 4.79 Å². The molecule has 28 heavy (non-hydrogen) atoms. The molecule has 0 aromatic rings. The van der Waals surface area contributed by atoms with Crippen LogP contribution < -0.4 is 4.90 Å². The molecule has 0 aliphatic heterocycles. The molecule has 9 heteroatoms. The number of quaternary nitrogens is 1. The zero-order chi connectivity index (χ0) is 21.2. The maximum absolute atomic E-state index is 13.2. The first-order valence-corrected chi connectivity index (χ1v) is 11.8. The van der Waals surface area contributed by atoms with E-state index < -0.39 is 21.3 Å². The summed E-state index contributed by atoms with van der Waals surface area (Å²) in [6, 6.07) is 0. The first-order chi connectivity index (χ1) is 13.0. The normalized spacial score (nSPS) is 31.5. The van der Waals surface area contributed by atoms with E-state index >= 15 is 0 Å². The number of carbonyl (C=O) groups excluding carboxylic acids is 1. The van der Waals surface area contributed by atoms with E-state index in [1.54, 1.807) is 4.90 Å². The number of hydrogen-bond donors (Lipinski definition) is 2. The highest BCUT2D eigenvalue weighted by molar-refractivity contribution is 7.87. The third-order valence-corrected chi connectivity index (χ3v) is 7.55. The molecule has 0 amide bonds. The molecule has 6 nitrogen and oxygen atoms in total. The Bertz CT molecular complexity index is 608. The second-order valence-electron chi connectivity index (χ2n) is 8.80. The zero-order valence-corrected chi connectivity index (χ0v) is 17.9. The number of nitrogens with one attached hydrogen (secondary N) is 1. The van der Waals surface area contributed by atoms with Crippen LogP contribution in [0.2, 0.25) is 0 Å². The number of esters is 1. The van der Waals surface area contributed by atoms with Gasteiger partial charge in [0.1, 0.15) is 0 Å². The van der Waals surface area contributed by atoms with Crippen LogP contribution in [-0.4, -0.2) is 50.4 Å². The van der Waals surface area contributed by atoms with Crippen LogP contribution in [0.25, 0.3) is 0 Å². The van der Waals surface area contributed by atoms with Crippen LogP contribution in [0.3, 0.4) is 0 Å². The van der Waals surface area contributed by atoms with Crippen LogP contribution in [-0.2, 0) is 19.6 Å². The Kier molecular flexibility index (Phi) is 7.48. The van der Waals surface area contributed by atoms with Crippen LogP contribution in [0.5, 0.6) is 0 Å². The minimum absolute atomic E-state index is 0.180. The fourth-order valence-electron chi connectivity index (χ4n) is 5.62. The molecule has 0 atom stereocenters. The van der Waals surface area contributed by atoms with Crippen LogP contribution in [0.1, 0.15) is 59.3 Å². The minimum atomic E-state index is -5.79. The highest BCUT2D eigenvalue weighted by atomic mass is 32.2. The van der Waals surface area contributed by atoms with Crippen molar-refractivity contribution in [2.24, 2.45) is 23.2 Å². The van der Waals surface area contributed by atoms with Crippen molar-refractivity contribution in [2.45, 2.75) is 64.6 Å². The molecule has 0 unspecified atom stereocenters. The van der Waals surface area contributed by atoms with E-state index in [4.69, 9.17) is 4.55 Å². The van der Waals surface area contributed by atoms with E-state index in [0.29, 0.717) is 17.8 Å². The molecule has 2 N–H and O–H groups in total. The lowest BCUT2D eigenvalue weighted by Crippen LogP contribution is -3.11. The predicted molar refractivity (Wildman–Crippen MR) is 101 cm³/mol. The van der Waals surface area contributed by atoms with Crippen molar-refractivity contribution in [3.63, 3.8) is 0 Å². The van der Waals surface area contributed by atoms with Crippen LogP contribution in [0.4, 0.5) is 8.78 Å². The molecule has 4 saturated carbocycles. The molecule has 4 bridgehead atoms. The number of alkyl halides is 2. The van der Waals surface area contributed by atoms with Crippen molar-refractivity contribution in [1.29, 1.82) is 0 Å². The fourth-order valence-corrected chi connectivity index (χ4v) is 5.89. The first-order valence-electron chi connectivity index (χ1n) is 10.3. The van der Waals surface area contributed by atoms with Crippen molar-refractivity contribution < 1.29 is 36.2 Å². The number of hydrogen-bond acceptors (Lipinski definition) is 4. The fraction of sp³-hybridized carbons (Fsp3) is 0.947. The first kappa shape index (κ1) is 23.5. The van der Waals surface area contributed by atoms with Crippen molar-refractivity contribution in [1.82, 2.24) is 0 Å². The highest BCUT2D eigenvalue weighted by Gasteiger charge is 2.56. The molecule has 0 saturated heterocycles. The SMILES string of the molecule is CC[NH+](CC)CC.O=C(OCC12CC3CC(CC(C3)C1)C2)C(F)(F)S(=O)(=O)O. The summed E-state index contributed by atoms with van der Waals surface area (Å²) >= 11 is 0. The molecular formula is C19H34F2NO5S+. The maximum Gasteiger partial charge on any atom is 0.465 e. The second-order valence-corrected chi connectivity index (χ2v) is 10.3. The van der Waals surface area contributed by atoms with Gasteiger partial charge in [-0.2, -0.15) is 17.2 Å². The van der Waals surface area contributed by atoms with E-state index in [2.05, 4.69) is 25.5 Å². The Morgan fingerprint density at radius 3 is 1.71 bits per heavy atom. The van der Waals surface area contributed by atoms with Crippen LogP contribution in [0.15, 0.2) is 0 Å². The van der Waals surface area contributed by atoms with Gasteiger partial charge in [0.25, 0.3) is 0 Å². The Morgan fingerprint density at radius 1 is 1.04 bits per heavy atom. The average molecular weight is 427 g/mol. The topological polar surface area (TPSA) is 85.1 Å². The summed E-state index contributed by atoms with van der Waals surface area (Å²) in [5.41, 5.74) is -0.278. The van der Waals surface area contributed by atoms with Gasteiger partial charge < -0.3 is 9.64 Å². The van der Waals surface area contributed by atoms with Crippen LogP contribution in [0, 0.1) is 23.2 Å². The molecule has 0 aromatic heterocycles. The molecule has 4 rings (SSSR count). The summed E-state index contributed by atoms with van der Waals surface area (Å²) < 4.78 is 60.4. The summed E-state index contributed by atoms with van der Waals surface area (Å²) in [4.78, 5) is 13.0. The minimum Gasteiger partial charge on any atom is -0.460 e. The summed E-state index contributed by atoms with van der Waals surface area (Å²) in [6.45, 7) is 10.3. The van der Waals surface area contributed by atoms with Gasteiger partial charge in [-0.15, -0.1) is 0 Å². The Labute approximate surface area is 166 Å². The molecule has 4 aliphatic carbocycles. The predicted octanol–water partition coefficient (Wildman–Crippen LogP) is 2.16. The summed E-state index contributed by atoms with van der Waals surface area (Å²) in [6.07, 6.45) is 6.04. The number of halogens is 2. The largest absolute Gasteiger partial charge is 0.465 e. The summed E-state index contributed by atoms with van der Waals surface area (Å²) in [7, 11) is -5.79. The summed E-state index contributed by atoms with van der Waals surface area (Å²) in [5.74, 6) is -0.480. The van der Waals surface area contributed by atoms with E-state index in [0.717, 1.165) is 38.5 Å². The van der Waals surface area contributed by atoms with Crippen molar-refractivity contribution in [2.75, 3.05) is 26.2 Å². The van der Waals surface area contributed by atoms with Gasteiger partial charge in [0.15, 0.2) is 0 Å². The third kappa shape index (κ3) is 5.21. The molecule has 0 aromatic carbocycles. The lowest BCUT2D eigenvalue weighted by atomic mass is 9.50. The van der Waals surface area contributed by atoms with E-state index in [9.17, 15) is 22.0 Å². The van der Waals surface area contributed by atoms with E-state index in [1.165, 1.54) is 19.6 Å². The molecule has 0 spiro atoms. The van der Waals surface area contributed by atoms with Gasteiger partial charge in [-0.05, 0) is 77.0 Å². The van der Waals surface area contributed by atoms with Crippen LogP contribution >= 0.6 is 0 Å². The van der Waals surface area contributed by atoms with Gasteiger partial charge in [-0.1, -0.05) is 0 Å². The highest BCUT2D eigenvalue weighted by Crippen LogP contribution is 2.60. The van der Waals surface area contributed by atoms with Gasteiger partial charge in [-0.3, -0.25) is 4.55 Å². The monoisotopic (exact) mass is 426 g/mol. The average Bonchev–Trinajstić information content (AvgIpc) is 2.59. The molecule has 4 fully saturated rings. The van der Waals surface area contributed by atoms with E-state index in [1.807, 2.05) is 0 Å². The van der Waals surface area contributed by atoms with Crippen molar-refractivity contribution in [3.05, 3.63) is 0 Å². The Hall–Kier alpha value is -0.800. The number of carbonyl (C=O) groups is 1. The standard InChI is InChI=1S/C13H18F2O5S.C6H15N/c14-13(15,21(17,18)19)11(16)20-7-12-4-8-1-9(5-12)3-10(2-8)6-12;1-4-7(5-2)6-3/h8-10H,1-7H2,(H,17,18,19);4-6H2,1-3H3/p+1. The Morgan fingerprint density at radius 2 is 1.43 bits per heavy atom. The van der Waals surface area contributed by atoms with Crippen molar-refractivity contribution in [3.8, 4) is 0 Å². The Balaban J connectivity index is 0.000000345. The third-order valence-electron chi connectivity index (χ3n) is 6.74. The van der Waals surface area contributed by atoms with Gasteiger partial charge in [0.2, 0.25) is 0 Å². The van der Waals surface area contributed by atoms with Crippen molar-refractivity contribution >= 4 is 16.1 Å².